The van der Waals surface area contributed by atoms with Crippen LogP contribution in [0.1, 0.15) is 45.1 Å². The van der Waals surface area contributed by atoms with Crippen LogP contribution in [0.15, 0.2) is 29.2 Å². The minimum Gasteiger partial charge on any atom is -0.508 e. The molecule has 5 heteroatoms. The molecule has 1 fully saturated rings. The van der Waals surface area contributed by atoms with Crippen molar-refractivity contribution < 1.29 is 9.90 Å². The van der Waals surface area contributed by atoms with Crippen LogP contribution in [0.25, 0.3) is 6.08 Å². The molecule has 0 aliphatic carbocycles. The molecule has 1 N–H and O–H groups in total. The Bertz CT molecular complexity index is 596. The van der Waals surface area contributed by atoms with Gasteiger partial charge in [0.25, 0.3) is 5.91 Å². The summed E-state index contributed by atoms with van der Waals surface area (Å²) in [5, 5.41) is 9.33. The lowest BCUT2D eigenvalue weighted by Gasteiger charge is -2.21. The summed E-state index contributed by atoms with van der Waals surface area (Å²) in [7, 11) is 0. The Hall–Kier alpha value is -1.33. The van der Waals surface area contributed by atoms with E-state index in [-0.39, 0.29) is 11.7 Å². The topological polar surface area (TPSA) is 40.5 Å². The zero-order chi connectivity index (χ0) is 16.8. The van der Waals surface area contributed by atoms with E-state index >= 15 is 0 Å². The molecule has 1 atom stereocenters. The standard InChI is InChI=1S/C18H23NO2S2/c1-3-5-6-13(4-2)12-19-17(21)16(23-18(19)22)11-14-7-9-15(20)10-8-14/h7-11,13,20H,3-6,12H2,1-2H3/b16-11-/t13-/m1/s1. The smallest absolute Gasteiger partial charge is 0.266 e. The number of thiocarbonyl (C=S) groups is 1. The van der Waals surface area contributed by atoms with E-state index in [1.165, 1.54) is 24.6 Å². The molecule has 1 amide bonds. The first kappa shape index (κ1) is 18.0. The minimum atomic E-state index is 0.00280. The van der Waals surface area contributed by atoms with Crippen molar-refractivity contribution in [1.29, 1.82) is 0 Å². The average molecular weight is 350 g/mol. The summed E-state index contributed by atoms with van der Waals surface area (Å²) in [5.41, 5.74) is 0.890. The quantitative estimate of drug-likeness (QED) is 0.566. The Labute approximate surface area is 147 Å². The summed E-state index contributed by atoms with van der Waals surface area (Å²) in [5.74, 6) is 0.727. The molecule has 0 saturated carbocycles. The number of unbranched alkanes of at least 4 members (excludes halogenated alkanes) is 1. The molecule has 0 radical (unpaired) electrons. The van der Waals surface area contributed by atoms with E-state index in [4.69, 9.17) is 12.2 Å². The lowest BCUT2D eigenvalue weighted by molar-refractivity contribution is -0.122. The summed E-state index contributed by atoms with van der Waals surface area (Å²) < 4.78 is 0.648. The van der Waals surface area contributed by atoms with Crippen LogP contribution >= 0.6 is 24.0 Å². The minimum absolute atomic E-state index is 0.00280. The highest BCUT2D eigenvalue weighted by molar-refractivity contribution is 8.26. The van der Waals surface area contributed by atoms with Gasteiger partial charge in [-0.05, 0) is 36.1 Å². The van der Waals surface area contributed by atoms with Gasteiger partial charge in [0.2, 0.25) is 0 Å². The van der Waals surface area contributed by atoms with Gasteiger partial charge in [0.05, 0.1) is 4.91 Å². The fourth-order valence-corrected chi connectivity index (χ4v) is 3.83. The molecule has 3 nitrogen and oxygen atoms in total. The van der Waals surface area contributed by atoms with Gasteiger partial charge in [0.1, 0.15) is 10.1 Å². The van der Waals surface area contributed by atoms with Crippen LogP contribution in [0.2, 0.25) is 0 Å². The lowest BCUT2D eigenvalue weighted by atomic mass is 9.99. The van der Waals surface area contributed by atoms with Crippen LogP contribution < -0.4 is 0 Å². The first-order valence-corrected chi connectivity index (χ1v) is 9.32. The molecule has 0 unspecified atom stereocenters. The molecule has 124 valence electrons. The van der Waals surface area contributed by atoms with E-state index in [1.807, 2.05) is 6.08 Å². The summed E-state index contributed by atoms with van der Waals surface area (Å²) in [4.78, 5) is 15.0. The van der Waals surface area contributed by atoms with Gasteiger partial charge in [0, 0.05) is 6.54 Å². The van der Waals surface area contributed by atoms with Crippen molar-refractivity contribution in [3.05, 3.63) is 34.7 Å². The largest absolute Gasteiger partial charge is 0.508 e. The van der Waals surface area contributed by atoms with Crippen molar-refractivity contribution in [3.8, 4) is 5.75 Å². The SMILES string of the molecule is CCCC[C@@H](CC)CN1C(=O)/C(=C/c2ccc(O)cc2)SC1=S. The zero-order valence-electron chi connectivity index (χ0n) is 13.6. The molecule has 1 aromatic carbocycles. The van der Waals surface area contributed by atoms with E-state index in [2.05, 4.69) is 13.8 Å². The number of benzene rings is 1. The maximum Gasteiger partial charge on any atom is 0.266 e. The number of amides is 1. The van der Waals surface area contributed by atoms with Gasteiger partial charge < -0.3 is 5.11 Å². The Morgan fingerprint density at radius 1 is 1.30 bits per heavy atom. The summed E-state index contributed by atoms with van der Waals surface area (Å²) in [6.07, 6.45) is 6.41. The number of phenols is 1. The fraction of sp³-hybridized carbons (Fsp3) is 0.444. The number of hydrogen-bond acceptors (Lipinski definition) is 4. The van der Waals surface area contributed by atoms with Crippen LogP contribution in [-0.4, -0.2) is 26.8 Å². The van der Waals surface area contributed by atoms with Gasteiger partial charge in [-0.15, -0.1) is 0 Å². The Kier molecular flexibility index (Phi) is 6.66. The molecule has 1 aliphatic heterocycles. The van der Waals surface area contributed by atoms with Crippen LogP contribution in [0.4, 0.5) is 0 Å². The number of carbonyl (C=O) groups excluding carboxylic acids is 1. The summed E-state index contributed by atoms with van der Waals surface area (Å²) >= 11 is 6.76. The highest BCUT2D eigenvalue weighted by Crippen LogP contribution is 2.34. The molecule has 0 aromatic heterocycles. The average Bonchev–Trinajstić information content (AvgIpc) is 2.80. The highest BCUT2D eigenvalue weighted by Gasteiger charge is 2.33. The number of phenolic OH excluding ortho intramolecular Hbond substituents is 1. The lowest BCUT2D eigenvalue weighted by Crippen LogP contribution is -2.33. The van der Waals surface area contributed by atoms with Crippen LogP contribution in [0.3, 0.4) is 0 Å². The van der Waals surface area contributed by atoms with Gasteiger partial charge >= 0.3 is 0 Å². The Morgan fingerprint density at radius 2 is 2.00 bits per heavy atom. The third kappa shape index (κ3) is 4.82. The van der Waals surface area contributed by atoms with Gasteiger partial charge in [0.15, 0.2) is 0 Å². The Balaban J connectivity index is 2.08. The second-order valence-electron chi connectivity index (χ2n) is 5.80. The van der Waals surface area contributed by atoms with Crippen molar-refractivity contribution in [2.24, 2.45) is 5.92 Å². The van der Waals surface area contributed by atoms with E-state index in [1.54, 1.807) is 29.2 Å². The molecule has 1 aliphatic rings. The van der Waals surface area contributed by atoms with Crippen LogP contribution in [-0.2, 0) is 4.79 Å². The molecule has 23 heavy (non-hydrogen) atoms. The van der Waals surface area contributed by atoms with Crippen molar-refractivity contribution in [3.63, 3.8) is 0 Å². The third-order valence-electron chi connectivity index (χ3n) is 4.05. The molecule has 0 spiro atoms. The maximum absolute atomic E-state index is 12.6. The second-order valence-corrected chi connectivity index (χ2v) is 7.48. The molecular formula is C18H23NO2S2. The number of aromatic hydroxyl groups is 1. The fourth-order valence-electron chi connectivity index (χ4n) is 2.55. The van der Waals surface area contributed by atoms with E-state index in [0.29, 0.717) is 21.7 Å². The predicted molar refractivity (Wildman–Crippen MR) is 101 cm³/mol. The van der Waals surface area contributed by atoms with E-state index in [0.717, 1.165) is 18.4 Å². The molecular weight excluding hydrogens is 326 g/mol. The van der Waals surface area contributed by atoms with Crippen molar-refractivity contribution in [1.82, 2.24) is 4.90 Å². The van der Waals surface area contributed by atoms with Crippen LogP contribution in [0, 0.1) is 5.92 Å². The highest BCUT2D eigenvalue weighted by atomic mass is 32.2. The van der Waals surface area contributed by atoms with Crippen molar-refractivity contribution in [2.75, 3.05) is 6.54 Å². The van der Waals surface area contributed by atoms with Crippen LogP contribution in [0.5, 0.6) is 5.75 Å². The van der Waals surface area contributed by atoms with E-state index in [9.17, 15) is 9.90 Å². The third-order valence-corrected chi connectivity index (χ3v) is 5.43. The zero-order valence-corrected chi connectivity index (χ0v) is 15.3. The number of rotatable bonds is 7. The predicted octanol–water partition coefficient (Wildman–Crippen LogP) is 4.81. The molecule has 1 saturated heterocycles. The van der Waals surface area contributed by atoms with Gasteiger partial charge in [-0.1, -0.05) is 69.2 Å². The first-order valence-electron chi connectivity index (χ1n) is 8.09. The van der Waals surface area contributed by atoms with Crippen molar-refractivity contribution >= 4 is 40.3 Å². The molecule has 1 heterocycles. The molecule has 1 aromatic rings. The van der Waals surface area contributed by atoms with E-state index < -0.39 is 0 Å². The monoisotopic (exact) mass is 349 g/mol. The van der Waals surface area contributed by atoms with Crippen molar-refractivity contribution in [2.45, 2.75) is 39.5 Å². The summed E-state index contributed by atoms with van der Waals surface area (Å²) in [6, 6.07) is 6.81. The Morgan fingerprint density at radius 3 is 2.61 bits per heavy atom. The first-order chi connectivity index (χ1) is 11.0. The number of thioether (sulfide) groups is 1. The second kappa shape index (κ2) is 8.50. The number of carbonyl (C=O) groups is 1. The number of hydrogen-bond donors (Lipinski definition) is 1. The van der Waals surface area contributed by atoms with Gasteiger partial charge in [-0.2, -0.15) is 0 Å². The number of nitrogens with zero attached hydrogens (tertiary/aromatic N) is 1. The normalized spacial score (nSPS) is 18.0. The maximum atomic E-state index is 12.6. The molecule has 2 rings (SSSR count). The summed E-state index contributed by atoms with van der Waals surface area (Å²) in [6.45, 7) is 5.07. The van der Waals surface area contributed by atoms with Gasteiger partial charge in [-0.25, -0.2) is 0 Å². The molecule has 0 bridgehead atoms. The van der Waals surface area contributed by atoms with Gasteiger partial charge in [-0.3, -0.25) is 9.69 Å².